The molecule has 2 rings (SSSR count). The van der Waals surface area contributed by atoms with Gasteiger partial charge in [0.05, 0.1) is 0 Å². The maximum atomic E-state index is 9.73. The fourth-order valence-corrected chi connectivity index (χ4v) is 1.84. The fourth-order valence-electron chi connectivity index (χ4n) is 1.41. The second-order valence-electron chi connectivity index (χ2n) is 3.60. The highest BCUT2D eigenvalue weighted by Crippen LogP contribution is 2.25. The minimum Gasteiger partial charge on any atom is -0.385 e. The predicted octanol–water partition coefficient (Wildman–Crippen LogP) is 2.73. The molecule has 0 saturated heterocycles. The third-order valence-electron chi connectivity index (χ3n) is 2.26. The molecular formula is C11H12BrN3O2. The Morgan fingerprint density at radius 2 is 2.35 bits per heavy atom. The molecule has 0 saturated carbocycles. The fraction of sp³-hybridized carbons (Fsp3) is 0.364. The molecule has 0 aromatic carbocycles. The Balaban J connectivity index is 2.27. The topological polar surface area (TPSA) is 72.0 Å². The average Bonchev–Trinajstić information content (AvgIpc) is 2.79. The number of pyridine rings is 1. The molecule has 0 aliphatic rings. The van der Waals surface area contributed by atoms with E-state index in [1.165, 1.54) is 0 Å². The van der Waals surface area contributed by atoms with Crippen LogP contribution in [0.4, 0.5) is 0 Å². The van der Waals surface area contributed by atoms with Crippen molar-refractivity contribution in [1.82, 2.24) is 15.1 Å². The molecule has 0 aliphatic heterocycles. The van der Waals surface area contributed by atoms with Gasteiger partial charge in [0.1, 0.15) is 11.8 Å². The van der Waals surface area contributed by atoms with Gasteiger partial charge >= 0.3 is 0 Å². The monoisotopic (exact) mass is 297 g/mol. The van der Waals surface area contributed by atoms with Gasteiger partial charge in [-0.3, -0.25) is 0 Å². The van der Waals surface area contributed by atoms with Gasteiger partial charge in [0.2, 0.25) is 5.82 Å². The summed E-state index contributed by atoms with van der Waals surface area (Å²) in [5.41, 5.74) is 0.579. The first kappa shape index (κ1) is 12.2. The van der Waals surface area contributed by atoms with Crippen molar-refractivity contribution >= 4 is 15.9 Å². The van der Waals surface area contributed by atoms with Crippen molar-refractivity contribution in [3.8, 4) is 11.6 Å². The molecule has 0 aliphatic carbocycles. The quantitative estimate of drug-likeness (QED) is 0.939. The minimum atomic E-state index is -0.681. The zero-order valence-electron chi connectivity index (χ0n) is 9.30. The van der Waals surface area contributed by atoms with Gasteiger partial charge in [-0.1, -0.05) is 18.5 Å². The molecule has 0 radical (unpaired) electrons. The van der Waals surface area contributed by atoms with Crippen molar-refractivity contribution in [1.29, 1.82) is 0 Å². The lowest BCUT2D eigenvalue weighted by molar-refractivity contribution is 0.153. The van der Waals surface area contributed by atoms with E-state index in [2.05, 4.69) is 31.1 Å². The van der Waals surface area contributed by atoms with Crippen LogP contribution in [0.1, 0.15) is 31.7 Å². The van der Waals surface area contributed by atoms with Crippen molar-refractivity contribution < 1.29 is 9.63 Å². The molecule has 0 fully saturated rings. The summed E-state index contributed by atoms with van der Waals surface area (Å²) >= 11 is 3.36. The lowest BCUT2D eigenvalue weighted by atomic mass is 10.2. The zero-order valence-corrected chi connectivity index (χ0v) is 10.9. The summed E-state index contributed by atoms with van der Waals surface area (Å²) in [6.07, 6.45) is 2.44. The molecule has 0 amide bonds. The van der Waals surface area contributed by atoms with E-state index in [0.717, 1.165) is 10.9 Å². The average molecular weight is 298 g/mol. The zero-order chi connectivity index (χ0) is 12.3. The van der Waals surface area contributed by atoms with Crippen molar-refractivity contribution in [2.75, 3.05) is 0 Å². The molecule has 1 N–H and O–H groups in total. The van der Waals surface area contributed by atoms with E-state index < -0.39 is 6.10 Å². The number of hydrogen-bond acceptors (Lipinski definition) is 5. The van der Waals surface area contributed by atoms with E-state index in [1.807, 2.05) is 13.0 Å². The Morgan fingerprint density at radius 1 is 1.53 bits per heavy atom. The Kier molecular flexibility index (Phi) is 3.86. The van der Waals surface area contributed by atoms with Crippen LogP contribution in [-0.4, -0.2) is 20.2 Å². The van der Waals surface area contributed by atoms with E-state index in [-0.39, 0.29) is 0 Å². The first-order valence-electron chi connectivity index (χ1n) is 5.35. The van der Waals surface area contributed by atoms with Gasteiger partial charge in [-0.05, 0) is 34.5 Å². The number of hydrogen-bond donors (Lipinski definition) is 1. The van der Waals surface area contributed by atoms with E-state index in [9.17, 15) is 5.11 Å². The van der Waals surface area contributed by atoms with Gasteiger partial charge in [-0.15, -0.1) is 0 Å². The highest BCUT2D eigenvalue weighted by atomic mass is 79.9. The molecule has 90 valence electrons. The second kappa shape index (κ2) is 5.37. The molecule has 0 spiro atoms. The maximum Gasteiger partial charge on any atom is 0.277 e. The highest BCUT2D eigenvalue weighted by molar-refractivity contribution is 9.10. The smallest absolute Gasteiger partial charge is 0.277 e. The molecular weight excluding hydrogens is 286 g/mol. The number of halogens is 1. The number of aliphatic hydroxyl groups excluding tert-OH is 1. The molecule has 2 aromatic heterocycles. The molecule has 2 aromatic rings. The third kappa shape index (κ3) is 2.70. The van der Waals surface area contributed by atoms with Crippen LogP contribution in [0.2, 0.25) is 0 Å². The van der Waals surface area contributed by atoms with E-state index in [1.54, 1.807) is 12.3 Å². The predicted molar refractivity (Wildman–Crippen MR) is 65.1 cm³/mol. The number of aliphatic hydroxyl groups is 1. The summed E-state index contributed by atoms with van der Waals surface area (Å²) in [5, 5.41) is 13.5. The lowest BCUT2D eigenvalue weighted by Crippen LogP contribution is -1.99. The Bertz CT molecular complexity index is 501. The summed E-state index contributed by atoms with van der Waals surface area (Å²) in [6.45, 7) is 1.99. The van der Waals surface area contributed by atoms with Gasteiger partial charge in [0, 0.05) is 10.7 Å². The lowest BCUT2D eigenvalue weighted by Gasteiger charge is -2.01. The molecule has 6 heteroatoms. The summed E-state index contributed by atoms with van der Waals surface area (Å²) in [6, 6.07) is 3.64. The molecule has 5 nitrogen and oxygen atoms in total. The third-order valence-corrected chi connectivity index (χ3v) is 2.90. The summed E-state index contributed by atoms with van der Waals surface area (Å²) in [4.78, 5) is 8.28. The standard InChI is InChI=1S/C11H12BrN3O2/c1-2-4-8(16)10-14-11(17-15-10)9-7(12)5-3-6-13-9/h3,5-6,8,16H,2,4H2,1H3. The van der Waals surface area contributed by atoms with Gasteiger partial charge in [-0.2, -0.15) is 4.98 Å². The van der Waals surface area contributed by atoms with Crippen LogP contribution in [0.15, 0.2) is 27.3 Å². The summed E-state index contributed by atoms with van der Waals surface area (Å²) in [5.74, 6) is 0.613. The molecule has 2 heterocycles. The highest BCUT2D eigenvalue weighted by Gasteiger charge is 2.17. The van der Waals surface area contributed by atoms with E-state index in [0.29, 0.717) is 23.8 Å². The Hall–Kier alpha value is -1.27. The normalized spacial score (nSPS) is 12.6. The Labute approximate surface area is 107 Å². The largest absolute Gasteiger partial charge is 0.385 e. The molecule has 17 heavy (non-hydrogen) atoms. The molecule has 1 unspecified atom stereocenters. The molecule has 0 bridgehead atoms. The number of rotatable bonds is 4. The van der Waals surface area contributed by atoms with Crippen LogP contribution >= 0.6 is 15.9 Å². The second-order valence-corrected chi connectivity index (χ2v) is 4.45. The molecule has 1 atom stereocenters. The van der Waals surface area contributed by atoms with Crippen LogP contribution in [0.5, 0.6) is 0 Å². The van der Waals surface area contributed by atoms with Crippen molar-refractivity contribution in [2.24, 2.45) is 0 Å². The summed E-state index contributed by atoms with van der Waals surface area (Å²) in [7, 11) is 0. The SMILES string of the molecule is CCCC(O)c1noc(-c2ncccc2Br)n1. The van der Waals surface area contributed by atoms with Gasteiger partial charge in [-0.25, -0.2) is 4.98 Å². The maximum absolute atomic E-state index is 9.73. The van der Waals surface area contributed by atoms with Crippen LogP contribution in [0.3, 0.4) is 0 Å². The van der Waals surface area contributed by atoms with Crippen LogP contribution < -0.4 is 0 Å². The van der Waals surface area contributed by atoms with Crippen molar-refractivity contribution in [3.63, 3.8) is 0 Å². The van der Waals surface area contributed by atoms with Crippen LogP contribution in [-0.2, 0) is 0 Å². The van der Waals surface area contributed by atoms with E-state index >= 15 is 0 Å². The number of aromatic nitrogens is 3. The van der Waals surface area contributed by atoms with Gasteiger partial charge in [0.15, 0.2) is 0 Å². The van der Waals surface area contributed by atoms with Gasteiger partial charge < -0.3 is 9.63 Å². The van der Waals surface area contributed by atoms with Gasteiger partial charge in [0.25, 0.3) is 5.89 Å². The van der Waals surface area contributed by atoms with Crippen LogP contribution in [0.25, 0.3) is 11.6 Å². The van der Waals surface area contributed by atoms with E-state index in [4.69, 9.17) is 4.52 Å². The van der Waals surface area contributed by atoms with Crippen LogP contribution in [0, 0.1) is 0 Å². The first-order valence-corrected chi connectivity index (χ1v) is 6.14. The minimum absolute atomic E-state index is 0.305. The number of nitrogens with zero attached hydrogens (tertiary/aromatic N) is 3. The summed E-state index contributed by atoms with van der Waals surface area (Å²) < 4.78 is 5.86. The Morgan fingerprint density at radius 3 is 3.06 bits per heavy atom. The van der Waals surface area contributed by atoms with Crippen molar-refractivity contribution in [3.05, 3.63) is 28.6 Å². The van der Waals surface area contributed by atoms with Crippen molar-refractivity contribution in [2.45, 2.75) is 25.9 Å². The first-order chi connectivity index (χ1) is 8.22.